The number of nitrogens with one attached hydrogen (secondary N) is 1. The first-order chi connectivity index (χ1) is 8.79. The van der Waals surface area contributed by atoms with Crippen LogP contribution >= 0.6 is 0 Å². The summed E-state index contributed by atoms with van der Waals surface area (Å²) in [5, 5.41) is 12.1. The lowest BCUT2D eigenvalue weighted by atomic mass is 10.1. The third-order valence-corrected chi connectivity index (χ3v) is 3.90. The third-order valence-electron chi connectivity index (χ3n) is 3.90. The first-order valence-corrected chi connectivity index (χ1v) is 6.88. The van der Waals surface area contributed by atoms with Crippen molar-refractivity contribution in [3.05, 3.63) is 24.0 Å². The van der Waals surface area contributed by atoms with E-state index >= 15 is 0 Å². The number of hydrogen-bond donors (Lipinski definition) is 2. The van der Waals surface area contributed by atoms with E-state index < -0.39 is 0 Å². The zero-order valence-corrected chi connectivity index (χ0v) is 10.5. The Labute approximate surface area is 107 Å². The maximum Gasteiger partial charge on any atom is 0.268 e. The second-order valence-corrected chi connectivity index (χ2v) is 5.46. The van der Waals surface area contributed by atoms with Crippen molar-refractivity contribution < 1.29 is 9.90 Å². The number of rotatable bonds is 6. The molecule has 0 saturated heterocycles. The molecule has 18 heavy (non-hydrogen) atoms. The molecule has 98 valence electrons. The maximum absolute atomic E-state index is 12.3. The minimum Gasteiger partial charge on any atom is -0.396 e. The zero-order chi connectivity index (χ0) is 12.5. The molecule has 0 spiro atoms. The van der Waals surface area contributed by atoms with Crippen LogP contribution in [0.1, 0.15) is 48.6 Å². The van der Waals surface area contributed by atoms with Crippen molar-refractivity contribution >= 4 is 5.91 Å². The maximum atomic E-state index is 12.3. The highest BCUT2D eigenvalue weighted by molar-refractivity contribution is 5.93. The highest BCUT2D eigenvalue weighted by atomic mass is 16.3. The largest absolute Gasteiger partial charge is 0.396 e. The second kappa shape index (κ2) is 4.76. The molecule has 0 radical (unpaired) electrons. The van der Waals surface area contributed by atoms with E-state index in [1.165, 1.54) is 25.7 Å². The van der Waals surface area contributed by atoms with E-state index in [2.05, 4.69) is 9.88 Å². The van der Waals surface area contributed by atoms with E-state index in [0.29, 0.717) is 18.4 Å². The summed E-state index contributed by atoms with van der Waals surface area (Å²) in [5.41, 5.74) is 0.765. The van der Waals surface area contributed by atoms with Crippen LogP contribution in [0.15, 0.2) is 18.3 Å². The minimum absolute atomic E-state index is 0.0113. The van der Waals surface area contributed by atoms with Gasteiger partial charge in [-0.2, -0.15) is 0 Å². The van der Waals surface area contributed by atoms with Crippen LogP contribution in [0.25, 0.3) is 0 Å². The number of aliphatic hydroxyl groups excluding tert-OH is 1. The fraction of sp³-hybridized carbons (Fsp3) is 0.643. The number of nitrogens with zero attached hydrogens (tertiary/aromatic N) is 1. The van der Waals surface area contributed by atoms with Gasteiger partial charge in [-0.25, -0.2) is 0 Å². The summed E-state index contributed by atoms with van der Waals surface area (Å²) in [4.78, 5) is 12.3. The van der Waals surface area contributed by atoms with E-state index in [9.17, 15) is 4.79 Å². The molecular weight excluding hydrogens is 228 g/mol. The quantitative estimate of drug-likeness (QED) is 0.805. The van der Waals surface area contributed by atoms with E-state index in [-0.39, 0.29) is 18.6 Å². The molecule has 1 aromatic heterocycles. The minimum atomic E-state index is 0.0113. The van der Waals surface area contributed by atoms with Crippen molar-refractivity contribution in [3.8, 4) is 0 Å². The average Bonchev–Trinajstić information content (AvgIpc) is 3.27. The van der Waals surface area contributed by atoms with Crippen molar-refractivity contribution in [1.29, 1.82) is 0 Å². The van der Waals surface area contributed by atoms with Crippen molar-refractivity contribution in [2.75, 3.05) is 6.61 Å². The molecule has 2 aliphatic rings. The Bertz CT molecular complexity index is 433. The molecule has 1 heterocycles. The lowest BCUT2D eigenvalue weighted by Crippen LogP contribution is -2.38. The lowest BCUT2D eigenvalue weighted by Gasteiger charge is -2.18. The molecule has 2 fully saturated rings. The van der Waals surface area contributed by atoms with Crippen molar-refractivity contribution in [2.24, 2.45) is 5.92 Å². The summed E-state index contributed by atoms with van der Waals surface area (Å²) < 4.78 is 2.08. The average molecular weight is 248 g/mol. The van der Waals surface area contributed by atoms with Gasteiger partial charge in [-0.05, 0) is 50.2 Å². The van der Waals surface area contributed by atoms with Gasteiger partial charge in [0, 0.05) is 24.9 Å². The van der Waals surface area contributed by atoms with Gasteiger partial charge in [0.05, 0.1) is 0 Å². The second-order valence-electron chi connectivity index (χ2n) is 5.46. The topological polar surface area (TPSA) is 54.3 Å². The van der Waals surface area contributed by atoms with Crippen LogP contribution < -0.4 is 5.32 Å². The van der Waals surface area contributed by atoms with E-state index in [4.69, 9.17) is 5.11 Å². The van der Waals surface area contributed by atoms with Crippen LogP contribution in [0.3, 0.4) is 0 Å². The Morgan fingerprint density at radius 3 is 2.83 bits per heavy atom. The predicted octanol–water partition coefficient (Wildman–Crippen LogP) is 1.71. The van der Waals surface area contributed by atoms with E-state index in [1.54, 1.807) is 0 Å². The monoisotopic (exact) mass is 248 g/mol. The smallest absolute Gasteiger partial charge is 0.268 e. The van der Waals surface area contributed by atoms with Crippen molar-refractivity contribution in [1.82, 2.24) is 9.88 Å². The first kappa shape index (κ1) is 11.8. The summed E-state index contributed by atoms with van der Waals surface area (Å²) in [5.74, 6) is 0.586. The molecule has 4 nitrogen and oxygen atoms in total. The lowest BCUT2D eigenvalue weighted by molar-refractivity contribution is 0.0914. The molecule has 1 amide bonds. The van der Waals surface area contributed by atoms with Crippen LogP contribution in [-0.4, -0.2) is 28.2 Å². The molecule has 2 aliphatic carbocycles. The Kier molecular flexibility index (Phi) is 3.12. The van der Waals surface area contributed by atoms with Crippen LogP contribution in [0.5, 0.6) is 0 Å². The number of hydrogen-bond acceptors (Lipinski definition) is 2. The van der Waals surface area contributed by atoms with Crippen LogP contribution in [0.4, 0.5) is 0 Å². The van der Waals surface area contributed by atoms with Crippen LogP contribution in [0, 0.1) is 5.92 Å². The molecule has 3 rings (SSSR count). The van der Waals surface area contributed by atoms with Gasteiger partial charge in [0.1, 0.15) is 5.69 Å². The van der Waals surface area contributed by atoms with Gasteiger partial charge in [0.15, 0.2) is 0 Å². The number of carbonyl (C=O) groups excluding carboxylic acids is 1. The predicted molar refractivity (Wildman–Crippen MR) is 68.4 cm³/mol. The molecule has 0 aliphatic heterocycles. The fourth-order valence-electron chi connectivity index (χ4n) is 2.56. The standard InChI is InChI=1S/C14H20N2O2/c17-9-7-12(10-3-4-10)15-14(18)13-2-1-8-16(13)11-5-6-11/h1-2,8,10-12,17H,3-7,9H2,(H,15,18). The summed E-state index contributed by atoms with van der Waals surface area (Å²) >= 11 is 0. The Morgan fingerprint density at radius 1 is 1.44 bits per heavy atom. The first-order valence-electron chi connectivity index (χ1n) is 6.88. The third kappa shape index (κ3) is 2.43. The molecule has 1 unspecified atom stereocenters. The highest BCUT2D eigenvalue weighted by Crippen LogP contribution is 2.36. The Hall–Kier alpha value is -1.29. The molecule has 1 atom stereocenters. The Balaban J connectivity index is 1.67. The van der Waals surface area contributed by atoms with E-state index in [0.717, 1.165) is 5.69 Å². The molecule has 0 bridgehead atoms. The van der Waals surface area contributed by atoms with Crippen LogP contribution in [0.2, 0.25) is 0 Å². The Morgan fingerprint density at radius 2 is 2.22 bits per heavy atom. The number of aliphatic hydroxyl groups is 1. The summed E-state index contributed by atoms with van der Waals surface area (Å²) in [6.07, 6.45) is 7.36. The van der Waals surface area contributed by atoms with Gasteiger partial charge in [0.25, 0.3) is 5.91 Å². The highest BCUT2D eigenvalue weighted by Gasteiger charge is 2.33. The van der Waals surface area contributed by atoms with Crippen molar-refractivity contribution in [2.45, 2.75) is 44.2 Å². The molecule has 2 N–H and O–H groups in total. The van der Waals surface area contributed by atoms with Crippen molar-refractivity contribution in [3.63, 3.8) is 0 Å². The molecular formula is C14H20N2O2. The zero-order valence-electron chi connectivity index (χ0n) is 10.5. The van der Waals surface area contributed by atoms with E-state index in [1.807, 2.05) is 18.3 Å². The van der Waals surface area contributed by atoms with Crippen LogP contribution in [-0.2, 0) is 0 Å². The fourth-order valence-corrected chi connectivity index (χ4v) is 2.56. The van der Waals surface area contributed by atoms with Gasteiger partial charge in [-0.3, -0.25) is 4.79 Å². The molecule has 4 heteroatoms. The van der Waals surface area contributed by atoms with Gasteiger partial charge in [-0.15, -0.1) is 0 Å². The van der Waals surface area contributed by atoms with Gasteiger partial charge in [-0.1, -0.05) is 0 Å². The summed E-state index contributed by atoms with van der Waals surface area (Å²) in [6.45, 7) is 0.144. The van der Waals surface area contributed by atoms with Gasteiger partial charge in [0.2, 0.25) is 0 Å². The molecule has 0 aromatic carbocycles. The van der Waals surface area contributed by atoms with Gasteiger partial charge >= 0.3 is 0 Å². The normalized spacial score (nSPS) is 20.7. The summed E-state index contributed by atoms with van der Waals surface area (Å²) in [7, 11) is 0. The molecule has 2 saturated carbocycles. The molecule has 1 aromatic rings. The number of carbonyl (C=O) groups is 1. The number of amides is 1. The van der Waals surface area contributed by atoms with Gasteiger partial charge < -0.3 is 15.0 Å². The SMILES string of the molecule is O=C(NC(CCO)C1CC1)c1cccn1C1CC1. The number of aromatic nitrogens is 1. The summed E-state index contributed by atoms with van der Waals surface area (Å²) in [6, 6.07) is 4.49.